The van der Waals surface area contributed by atoms with Gasteiger partial charge in [0, 0.05) is 29.9 Å². The number of carbonyl (C=O) groups excluding carboxylic acids is 2. The van der Waals surface area contributed by atoms with Crippen LogP contribution in [0.25, 0.3) is 0 Å². The van der Waals surface area contributed by atoms with Crippen molar-refractivity contribution in [2.24, 2.45) is 11.8 Å². The summed E-state index contributed by atoms with van der Waals surface area (Å²) in [4.78, 5) is 30.4. The molecule has 2 rings (SSSR count). The zero-order chi connectivity index (χ0) is 22.8. The number of carboxylic acids is 1. The predicted octanol–water partition coefficient (Wildman–Crippen LogP) is -0.0295. The van der Waals surface area contributed by atoms with E-state index >= 15 is 0 Å². The second-order valence-corrected chi connectivity index (χ2v) is 7.72. The molecule has 2 aromatic rings. The molecule has 0 heterocycles. The Morgan fingerprint density at radius 1 is 1.03 bits per heavy atom. The molecule has 0 aliphatic heterocycles. The molecule has 32 heavy (non-hydrogen) atoms. The molecule has 7 nitrogen and oxygen atoms in total. The van der Waals surface area contributed by atoms with Gasteiger partial charge in [0.25, 0.3) is 0 Å². The van der Waals surface area contributed by atoms with Crippen molar-refractivity contribution in [2.75, 3.05) is 14.2 Å². The van der Waals surface area contributed by atoms with Crippen LogP contribution < -0.4 is 44.1 Å². The molecule has 0 aliphatic rings. The van der Waals surface area contributed by atoms with Gasteiger partial charge in [-0.1, -0.05) is 44.2 Å². The fourth-order valence-corrected chi connectivity index (χ4v) is 3.21. The van der Waals surface area contributed by atoms with Gasteiger partial charge in [-0.15, -0.1) is 0 Å². The van der Waals surface area contributed by atoms with Crippen LogP contribution in [-0.2, 0) is 27.6 Å². The third-order valence-corrected chi connectivity index (χ3v) is 4.83. The van der Waals surface area contributed by atoms with Gasteiger partial charge in [-0.2, -0.15) is 0 Å². The molecule has 8 heteroatoms. The van der Waals surface area contributed by atoms with Gasteiger partial charge in [0.2, 0.25) is 5.91 Å². The maximum Gasteiger partial charge on any atom is 1.00 e. The van der Waals surface area contributed by atoms with E-state index in [0.717, 1.165) is 5.56 Å². The molecule has 0 aliphatic carbocycles. The SMILES string of the molecule is COc1ccc(CN(OCc2ccccc2)C(=O)CC(CC(C)C)C(=O)[O-])c(OC)c1.[Na+]. The van der Waals surface area contributed by atoms with Gasteiger partial charge in [-0.25, -0.2) is 5.06 Å². The van der Waals surface area contributed by atoms with Gasteiger partial charge in [0.05, 0.1) is 20.8 Å². The number of amides is 1. The van der Waals surface area contributed by atoms with Crippen LogP contribution in [0.15, 0.2) is 48.5 Å². The van der Waals surface area contributed by atoms with Crippen molar-refractivity contribution in [3.05, 3.63) is 59.7 Å². The molecule has 0 fully saturated rings. The minimum Gasteiger partial charge on any atom is -0.550 e. The molecule has 0 N–H and O–H groups in total. The largest absolute Gasteiger partial charge is 1.00 e. The van der Waals surface area contributed by atoms with Crippen molar-refractivity contribution < 1.29 is 58.6 Å². The van der Waals surface area contributed by atoms with E-state index in [2.05, 4.69) is 0 Å². The number of methoxy groups -OCH3 is 2. The van der Waals surface area contributed by atoms with Crippen molar-refractivity contribution in [3.63, 3.8) is 0 Å². The van der Waals surface area contributed by atoms with E-state index in [0.29, 0.717) is 23.5 Å². The molecule has 168 valence electrons. The summed E-state index contributed by atoms with van der Waals surface area (Å²) >= 11 is 0. The van der Waals surface area contributed by atoms with E-state index in [1.54, 1.807) is 25.3 Å². The Morgan fingerprint density at radius 3 is 2.28 bits per heavy atom. The second kappa shape index (κ2) is 14.2. The van der Waals surface area contributed by atoms with E-state index < -0.39 is 17.8 Å². The van der Waals surface area contributed by atoms with Gasteiger partial charge >= 0.3 is 29.6 Å². The number of hydrogen-bond acceptors (Lipinski definition) is 6. The van der Waals surface area contributed by atoms with Crippen molar-refractivity contribution in [1.29, 1.82) is 0 Å². The Bertz CT molecular complexity index is 859. The number of hydrogen-bond donors (Lipinski definition) is 0. The van der Waals surface area contributed by atoms with E-state index in [-0.39, 0.29) is 55.0 Å². The smallest absolute Gasteiger partial charge is 0.550 e. The van der Waals surface area contributed by atoms with E-state index in [1.807, 2.05) is 44.2 Å². The molecule has 1 atom stereocenters. The van der Waals surface area contributed by atoms with Gasteiger partial charge in [-0.3, -0.25) is 9.63 Å². The van der Waals surface area contributed by atoms with Gasteiger partial charge in [0.1, 0.15) is 18.1 Å². The topological polar surface area (TPSA) is 88.1 Å². The zero-order valence-corrected chi connectivity index (χ0v) is 21.5. The number of hydroxylamine groups is 2. The summed E-state index contributed by atoms with van der Waals surface area (Å²) in [5, 5.41) is 12.7. The van der Waals surface area contributed by atoms with Crippen LogP contribution in [0, 0.1) is 11.8 Å². The molecule has 1 unspecified atom stereocenters. The van der Waals surface area contributed by atoms with Crippen LogP contribution >= 0.6 is 0 Å². The average molecular weight is 451 g/mol. The average Bonchev–Trinajstić information content (AvgIpc) is 2.76. The number of carboxylic acid groups (broad SMARTS) is 1. The minimum absolute atomic E-state index is 0. The third-order valence-electron chi connectivity index (χ3n) is 4.83. The molecule has 0 saturated carbocycles. The summed E-state index contributed by atoms with van der Waals surface area (Å²) in [6, 6.07) is 14.7. The van der Waals surface area contributed by atoms with E-state index in [4.69, 9.17) is 14.3 Å². The first kappa shape index (κ1) is 28.0. The Labute approximate surface area is 211 Å². The zero-order valence-electron chi connectivity index (χ0n) is 19.5. The molecule has 0 aromatic heterocycles. The summed E-state index contributed by atoms with van der Waals surface area (Å²) < 4.78 is 10.6. The van der Waals surface area contributed by atoms with Crippen molar-refractivity contribution in [3.8, 4) is 11.5 Å². The fourth-order valence-electron chi connectivity index (χ4n) is 3.21. The quantitative estimate of drug-likeness (QED) is 0.333. The second-order valence-electron chi connectivity index (χ2n) is 7.72. The standard InChI is InChI=1S/C24H31NO6.Na/c1-17(2)12-20(24(27)28)13-23(26)25(31-16-18-8-6-5-7-9-18)15-19-10-11-21(29-3)14-22(19)30-4;/h5-11,14,17,20H,12-13,15-16H2,1-4H3,(H,27,28);/q;+1/p-1. The molecular formula is C24H30NNaO6. The number of rotatable bonds is 12. The van der Waals surface area contributed by atoms with Gasteiger partial charge < -0.3 is 19.4 Å². The Morgan fingerprint density at radius 2 is 1.72 bits per heavy atom. The number of ether oxygens (including phenoxy) is 2. The molecule has 2 aromatic carbocycles. The van der Waals surface area contributed by atoms with Gasteiger partial charge in [-0.05, 0) is 30.0 Å². The number of nitrogens with zero attached hydrogens (tertiary/aromatic N) is 1. The summed E-state index contributed by atoms with van der Waals surface area (Å²) in [6.45, 7) is 4.09. The van der Waals surface area contributed by atoms with Crippen molar-refractivity contribution in [2.45, 2.75) is 39.8 Å². The number of aliphatic carboxylic acids is 1. The molecule has 0 bridgehead atoms. The monoisotopic (exact) mass is 451 g/mol. The van der Waals surface area contributed by atoms with Crippen LogP contribution in [0.5, 0.6) is 11.5 Å². The summed E-state index contributed by atoms with van der Waals surface area (Å²) in [7, 11) is 3.09. The number of carbonyl (C=O) groups is 2. The first-order valence-corrected chi connectivity index (χ1v) is 10.2. The van der Waals surface area contributed by atoms with Crippen molar-refractivity contribution >= 4 is 11.9 Å². The molecule has 0 saturated heterocycles. The molecule has 0 radical (unpaired) electrons. The van der Waals surface area contributed by atoms with Crippen LogP contribution in [0.2, 0.25) is 0 Å². The third kappa shape index (κ3) is 8.82. The Kier molecular flexibility index (Phi) is 12.4. The van der Waals surface area contributed by atoms with Gasteiger partial charge in [0.15, 0.2) is 0 Å². The molecule has 0 spiro atoms. The molecular weight excluding hydrogens is 421 g/mol. The van der Waals surface area contributed by atoms with E-state index in [1.165, 1.54) is 12.2 Å². The molecule has 1 amide bonds. The first-order chi connectivity index (χ1) is 14.8. The number of benzene rings is 2. The Hall–Kier alpha value is -2.06. The summed E-state index contributed by atoms with van der Waals surface area (Å²) in [5.74, 6) is -1.25. The van der Waals surface area contributed by atoms with E-state index in [9.17, 15) is 14.7 Å². The van der Waals surface area contributed by atoms with Crippen molar-refractivity contribution in [1.82, 2.24) is 5.06 Å². The predicted molar refractivity (Wildman–Crippen MR) is 114 cm³/mol. The first-order valence-electron chi connectivity index (χ1n) is 10.2. The van der Waals surface area contributed by atoms with Crippen LogP contribution in [0.1, 0.15) is 37.8 Å². The summed E-state index contributed by atoms with van der Waals surface area (Å²) in [6.07, 6.45) is 0.153. The van der Waals surface area contributed by atoms with Crippen LogP contribution in [-0.4, -0.2) is 31.2 Å². The minimum atomic E-state index is -1.23. The maximum absolute atomic E-state index is 13.0. The normalized spacial score (nSPS) is 11.4. The fraction of sp³-hybridized carbons (Fsp3) is 0.417. The Balaban J connectivity index is 0.00000512. The van der Waals surface area contributed by atoms with Crippen LogP contribution in [0.3, 0.4) is 0 Å². The van der Waals surface area contributed by atoms with Crippen LogP contribution in [0.4, 0.5) is 0 Å². The summed E-state index contributed by atoms with van der Waals surface area (Å²) in [5.41, 5.74) is 1.60. The maximum atomic E-state index is 13.0.